The minimum absolute atomic E-state index is 0.147. The normalized spacial score (nSPS) is 18.2. The fourth-order valence-corrected chi connectivity index (χ4v) is 2.27. The van der Waals surface area contributed by atoms with Gasteiger partial charge in [-0.2, -0.15) is 0 Å². The summed E-state index contributed by atoms with van der Waals surface area (Å²) in [7, 11) is 1.52. The second-order valence-electron chi connectivity index (χ2n) is 4.96. The largest absolute Gasteiger partial charge is 0.380 e. The molecule has 1 aromatic rings. The summed E-state index contributed by atoms with van der Waals surface area (Å²) < 4.78 is 44.1. The second kappa shape index (κ2) is 6.78. The highest BCUT2D eigenvalue weighted by Crippen LogP contribution is 2.18. The van der Waals surface area contributed by atoms with Gasteiger partial charge in [-0.15, -0.1) is 0 Å². The van der Waals surface area contributed by atoms with Gasteiger partial charge in [0.25, 0.3) is 0 Å². The van der Waals surface area contributed by atoms with Crippen LogP contribution in [-0.2, 0) is 14.3 Å². The molecule has 1 aliphatic heterocycles. The topological polar surface area (TPSA) is 58.6 Å². The van der Waals surface area contributed by atoms with E-state index in [1.165, 1.54) is 12.0 Å². The molecule has 1 fully saturated rings. The van der Waals surface area contributed by atoms with Gasteiger partial charge in [0.1, 0.15) is 0 Å². The highest BCUT2D eigenvalue weighted by Gasteiger charge is 2.28. The molecule has 5 nitrogen and oxygen atoms in total. The van der Waals surface area contributed by atoms with Crippen molar-refractivity contribution in [3.8, 4) is 0 Å². The van der Waals surface area contributed by atoms with Crippen molar-refractivity contribution >= 4 is 17.5 Å². The zero-order valence-electron chi connectivity index (χ0n) is 11.9. The van der Waals surface area contributed by atoms with Crippen molar-refractivity contribution in [1.82, 2.24) is 4.90 Å². The molecule has 0 saturated carbocycles. The lowest BCUT2D eigenvalue weighted by Gasteiger charge is -2.31. The standard InChI is InChI=1S/C14H15F3N2O3/c1-22-9-3-2-4-19(7-9)14(21)13(20)18-8-5-10(15)12(17)11(16)6-8/h5-6,9H,2-4,7H2,1H3,(H,18,20). The van der Waals surface area contributed by atoms with Crippen LogP contribution in [-0.4, -0.2) is 43.0 Å². The van der Waals surface area contributed by atoms with E-state index in [-0.39, 0.29) is 18.3 Å². The van der Waals surface area contributed by atoms with E-state index >= 15 is 0 Å². The van der Waals surface area contributed by atoms with Crippen LogP contribution in [0.2, 0.25) is 0 Å². The molecule has 2 rings (SSSR count). The summed E-state index contributed by atoms with van der Waals surface area (Å²) in [5, 5.41) is 2.06. The molecule has 0 aromatic heterocycles. The van der Waals surface area contributed by atoms with Crippen LogP contribution in [0.15, 0.2) is 12.1 Å². The van der Waals surface area contributed by atoms with Gasteiger partial charge in [0, 0.05) is 38.0 Å². The van der Waals surface area contributed by atoms with Crippen molar-refractivity contribution in [3.05, 3.63) is 29.6 Å². The average Bonchev–Trinajstić information content (AvgIpc) is 2.51. The number of carbonyl (C=O) groups is 2. The predicted molar refractivity (Wildman–Crippen MR) is 71.6 cm³/mol. The van der Waals surface area contributed by atoms with Crippen molar-refractivity contribution in [2.75, 3.05) is 25.5 Å². The van der Waals surface area contributed by atoms with Crippen molar-refractivity contribution in [3.63, 3.8) is 0 Å². The molecule has 8 heteroatoms. The maximum absolute atomic E-state index is 13.1. The minimum Gasteiger partial charge on any atom is -0.380 e. The Balaban J connectivity index is 2.04. The third-order valence-electron chi connectivity index (χ3n) is 3.43. The molecule has 1 heterocycles. The molecule has 1 N–H and O–H groups in total. The number of anilines is 1. The molecule has 1 saturated heterocycles. The van der Waals surface area contributed by atoms with Crippen molar-refractivity contribution in [2.45, 2.75) is 18.9 Å². The molecule has 0 radical (unpaired) electrons. The first-order valence-corrected chi connectivity index (χ1v) is 6.70. The van der Waals surface area contributed by atoms with E-state index in [1.54, 1.807) is 0 Å². The maximum atomic E-state index is 13.1. The lowest BCUT2D eigenvalue weighted by atomic mass is 10.1. The molecule has 0 bridgehead atoms. The van der Waals surface area contributed by atoms with E-state index in [0.29, 0.717) is 25.1 Å². The Morgan fingerprint density at radius 3 is 2.50 bits per heavy atom. The van der Waals surface area contributed by atoms with E-state index in [4.69, 9.17) is 4.74 Å². The number of halogens is 3. The van der Waals surface area contributed by atoms with Gasteiger partial charge in [-0.25, -0.2) is 13.2 Å². The number of benzene rings is 1. The lowest BCUT2D eigenvalue weighted by molar-refractivity contribution is -0.145. The summed E-state index contributed by atoms with van der Waals surface area (Å²) in [5.41, 5.74) is -0.324. The Kier molecular flexibility index (Phi) is 5.02. The molecular weight excluding hydrogens is 301 g/mol. The smallest absolute Gasteiger partial charge is 0.313 e. The summed E-state index contributed by atoms with van der Waals surface area (Å²) >= 11 is 0. The third-order valence-corrected chi connectivity index (χ3v) is 3.43. The molecule has 0 aliphatic carbocycles. The Morgan fingerprint density at radius 2 is 1.91 bits per heavy atom. The highest BCUT2D eigenvalue weighted by molar-refractivity contribution is 6.39. The van der Waals surface area contributed by atoms with Crippen LogP contribution in [0.1, 0.15) is 12.8 Å². The second-order valence-corrected chi connectivity index (χ2v) is 4.96. The number of carbonyl (C=O) groups excluding carboxylic acids is 2. The predicted octanol–water partition coefficient (Wildman–Crippen LogP) is 1.68. The Hall–Kier alpha value is -2.09. The van der Waals surface area contributed by atoms with Gasteiger partial charge in [0.05, 0.1) is 6.10 Å². The Labute approximate surface area is 125 Å². The van der Waals surface area contributed by atoms with E-state index in [9.17, 15) is 22.8 Å². The molecule has 22 heavy (non-hydrogen) atoms. The van der Waals surface area contributed by atoms with Crippen molar-refractivity contribution in [1.29, 1.82) is 0 Å². The van der Waals surface area contributed by atoms with E-state index in [2.05, 4.69) is 5.32 Å². The van der Waals surface area contributed by atoms with Crippen LogP contribution in [0.3, 0.4) is 0 Å². The van der Waals surface area contributed by atoms with Crippen LogP contribution in [0.25, 0.3) is 0 Å². The highest BCUT2D eigenvalue weighted by atomic mass is 19.2. The fraction of sp³-hybridized carbons (Fsp3) is 0.429. The van der Waals surface area contributed by atoms with Crippen LogP contribution >= 0.6 is 0 Å². The molecule has 0 spiro atoms. The van der Waals surface area contributed by atoms with Gasteiger partial charge in [0.2, 0.25) is 0 Å². The molecule has 1 atom stereocenters. The van der Waals surface area contributed by atoms with E-state index in [0.717, 1.165) is 6.42 Å². The zero-order chi connectivity index (χ0) is 16.3. The number of ether oxygens (including phenoxy) is 1. The number of nitrogens with one attached hydrogen (secondary N) is 1. The number of methoxy groups -OCH3 is 1. The Morgan fingerprint density at radius 1 is 1.27 bits per heavy atom. The molecule has 120 valence electrons. The fourth-order valence-electron chi connectivity index (χ4n) is 2.27. The first kappa shape index (κ1) is 16.3. The van der Waals surface area contributed by atoms with Gasteiger partial charge in [-0.3, -0.25) is 9.59 Å². The number of nitrogens with zero attached hydrogens (tertiary/aromatic N) is 1. The van der Waals surface area contributed by atoms with Gasteiger partial charge in [-0.05, 0) is 12.8 Å². The van der Waals surface area contributed by atoms with Gasteiger partial charge < -0.3 is 15.0 Å². The molecule has 1 unspecified atom stereocenters. The SMILES string of the molecule is COC1CCCN(C(=O)C(=O)Nc2cc(F)c(F)c(F)c2)C1. The maximum Gasteiger partial charge on any atom is 0.313 e. The van der Waals surface area contributed by atoms with Crippen LogP contribution in [0.4, 0.5) is 18.9 Å². The van der Waals surface area contributed by atoms with Crippen LogP contribution in [0, 0.1) is 17.5 Å². The van der Waals surface area contributed by atoms with E-state index in [1.807, 2.05) is 0 Å². The minimum atomic E-state index is -1.64. The van der Waals surface area contributed by atoms with Crippen LogP contribution < -0.4 is 5.32 Å². The van der Waals surface area contributed by atoms with E-state index < -0.39 is 29.3 Å². The lowest BCUT2D eigenvalue weighted by Crippen LogP contribution is -2.47. The Bertz CT molecular complexity index is 572. The molecule has 2 amide bonds. The monoisotopic (exact) mass is 316 g/mol. The molecule has 1 aromatic carbocycles. The van der Waals surface area contributed by atoms with Crippen molar-refractivity contribution < 1.29 is 27.5 Å². The summed E-state index contributed by atoms with van der Waals surface area (Å²) in [5.74, 6) is -6.39. The number of hydrogen-bond acceptors (Lipinski definition) is 3. The third kappa shape index (κ3) is 3.56. The summed E-state index contributed by atoms with van der Waals surface area (Å²) in [6.07, 6.45) is 1.33. The van der Waals surface area contributed by atoms with Gasteiger partial charge >= 0.3 is 11.8 Å². The summed E-state index contributed by atoms with van der Waals surface area (Å²) in [6.45, 7) is 0.674. The number of amides is 2. The number of hydrogen-bond donors (Lipinski definition) is 1. The first-order chi connectivity index (χ1) is 10.4. The van der Waals surface area contributed by atoms with Gasteiger partial charge in [-0.1, -0.05) is 0 Å². The number of likely N-dealkylation sites (tertiary alicyclic amines) is 1. The van der Waals surface area contributed by atoms with Gasteiger partial charge in [0.15, 0.2) is 17.5 Å². The zero-order valence-corrected chi connectivity index (χ0v) is 11.9. The molecular formula is C14H15F3N2O3. The number of piperidine rings is 1. The average molecular weight is 316 g/mol. The van der Waals surface area contributed by atoms with Crippen LogP contribution in [0.5, 0.6) is 0 Å². The number of rotatable bonds is 2. The first-order valence-electron chi connectivity index (χ1n) is 6.70. The summed E-state index contributed by atoms with van der Waals surface area (Å²) in [4.78, 5) is 25.1. The molecule has 1 aliphatic rings. The summed E-state index contributed by atoms with van der Waals surface area (Å²) in [6, 6.07) is 1.22. The quantitative estimate of drug-likeness (QED) is 0.667. The van der Waals surface area contributed by atoms with Crippen molar-refractivity contribution in [2.24, 2.45) is 0 Å².